The van der Waals surface area contributed by atoms with Gasteiger partial charge in [-0.15, -0.1) is 10.2 Å². The second kappa shape index (κ2) is 14.0. The Kier molecular flexibility index (Phi) is 8.31. The zero-order valence-corrected chi connectivity index (χ0v) is 28.2. The quantitative estimate of drug-likeness (QED) is 0.154. The molecule has 0 aliphatic carbocycles. The number of rotatable bonds is 8. The summed E-state index contributed by atoms with van der Waals surface area (Å²) in [6, 6.07) is 55.2. The Balaban J connectivity index is 0.987. The lowest BCUT2D eigenvalue weighted by Gasteiger charge is -2.08. The van der Waals surface area contributed by atoms with E-state index < -0.39 is 0 Å². The van der Waals surface area contributed by atoms with E-state index in [1.165, 1.54) is 0 Å². The summed E-state index contributed by atoms with van der Waals surface area (Å²) in [5.41, 5.74) is 6.89. The van der Waals surface area contributed by atoms with Crippen molar-refractivity contribution in [1.82, 2.24) is 40.1 Å². The van der Waals surface area contributed by atoms with E-state index in [0.717, 1.165) is 44.5 Å². The topological polar surface area (TPSA) is 116 Å². The van der Waals surface area contributed by atoms with Crippen molar-refractivity contribution in [1.29, 1.82) is 0 Å². The van der Waals surface area contributed by atoms with Crippen LogP contribution in [0.4, 0.5) is 0 Å². The molecule has 0 saturated heterocycles. The highest BCUT2D eigenvalue weighted by Crippen LogP contribution is 2.30. The number of hydrogen-bond acceptors (Lipinski definition) is 9. The van der Waals surface area contributed by atoms with Crippen LogP contribution in [0.3, 0.4) is 0 Å². The van der Waals surface area contributed by atoms with Gasteiger partial charge in [-0.05, 0) is 24.3 Å². The molecule has 0 aliphatic rings. The van der Waals surface area contributed by atoms with Crippen LogP contribution < -0.4 is 0 Å². The lowest BCUT2D eigenvalue weighted by molar-refractivity contribution is 0.584. The first kappa shape index (κ1) is 31.5. The largest absolute Gasteiger partial charge is 0.416 e. The van der Waals surface area contributed by atoms with Gasteiger partial charge in [0.15, 0.2) is 34.9 Å². The molecule has 0 saturated carbocycles. The van der Waals surface area contributed by atoms with Gasteiger partial charge in [0.25, 0.3) is 0 Å². The van der Waals surface area contributed by atoms with Crippen LogP contribution in [0, 0.1) is 0 Å². The van der Waals surface area contributed by atoms with Crippen LogP contribution in [0.15, 0.2) is 174 Å². The van der Waals surface area contributed by atoms with Crippen LogP contribution >= 0.6 is 0 Å². The van der Waals surface area contributed by atoms with Crippen LogP contribution in [-0.4, -0.2) is 40.1 Å². The van der Waals surface area contributed by atoms with Gasteiger partial charge in [-0.1, -0.05) is 146 Å². The van der Waals surface area contributed by atoms with Crippen molar-refractivity contribution >= 4 is 0 Å². The minimum atomic E-state index is 0.402. The Hall–Kier alpha value is -7.52. The van der Waals surface area contributed by atoms with E-state index in [2.05, 4.69) is 10.2 Å². The summed E-state index contributed by atoms with van der Waals surface area (Å²) in [7, 11) is 0. The Morgan fingerprint density at radius 2 is 0.434 bits per heavy atom. The number of benzene rings is 6. The highest BCUT2D eigenvalue weighted by Gasteiger charge is 2.16. The van der Waals surface area contributed by atoms with E-state index in [1.807, 2.05) is 170 Å². The van der Waals surface area contributed by atoms with Gasteiger partial charge < -0.3 is 4.42 Å². The maximum Gasteiger partial charge on any atom is 0.248 e. The fourth-order valence-electron chi connectivity index (χ4n) is 5.86. The molecule has 53 heavy (non-hydrogen) atoms. The lowest BCUT2D eigenvalue weighted by atomic mass is 10.1. The molecule has 0 amide bonds. The van der Waals surface area contributed by atoms with E-state index in [1.54, 1.807) is 0 Å². The molecule has 250 valence electrons. The fourth-order valence-corrected chi connectivity index (χ4v) is 5.86. The first-order chi connectivity index (χ1) is 26.2. The van der Waals surface area contributed by atoms with Crippen molar-refractivity contribution in [2.45, 2.75) is 0 Å². The molecule has 0 N–H and O–H groups in total. The first-order valence-corrected chi connectivity index (χ1v) is 17.0. The molecule has 9 rings (SSSR count). The molecule has 9 nitrogen and oxygen atoms in total. The van der Waals surface area contributed by atoms with E-state index in [9.17, 15) is 0 Å². The Bertz CT molecular complexity index is 2330. The van der Waals surface area contributed by atoms with Crippen molar-refractivity contribution in [3.8, 4) is 91.2 Å². The molecule has 0 unspecified atom stereocenters. The first-order valence-electron chi connectivity index (χ1n) is 17.0. The molecule has 3 aromatic heterocycles. The maximum atomic E-state index is 6.15. The summed E-state index contributed by atoms with van der Waals surface area (Å²) in [5, 5.41) is 8.71. The van der Waals surface area contributed by atoms with Crippen molar-refractivity contribution in [2.75, 3.05) is 0 Å². The van der Waals surface area contributed by atoms with E-state index in [0.29, 0.717) is 46.7 Å². The van der Waals surface area contributed by atoms with Gasteiger partial charge >= 0.3 is 0 Å². The van der Waals surface area contributed by atoms with Crippen LogP contribution in [0.25, 0.3) is 91.2 Å². The summed E-state index contributed by atoms with van der Waals surface area (Å²) in [5.74, 6) is 4.37. The van der Waals surface area contributed by atoms with Gasteiger partial charge in [0.2, 0.25) is 11.8 Å². The van der Waals surface area contributed by atoms with Crippen molar-refractivity contribution in [2.24, 2.45) is 0 Å². The summed E-state index contributed by atoms with van der Waals surface area (Å²) >= 11 is 0. The molecule has 9 heteroatoms. The minimum absolute atomic E-state index is 0.402. The Labute approximate surface area is 304 Å². The standard InChI is InChI=1S/C44H28N8O/c1-5-13-29(14-6-1)37-45-38(30-15-7-2-8-16-30)48-41(47-37)33-21-25-35(26-22-33)43-51-52-44(53-43)36-27-23-34(24-28-36)42-49-39(31-17-9-3-10-18-31)46-40(50-42)32-19-11-4-12-20-32/h1-28H. The molecule has 0 aliphatic heterocycles. The molecule has 0 atom stereocenters. The molecule has 0 spiro atoms. The average Bonchev–Trinajstić information content (AvgIpc) is 3.75. The molecule has 0 fully saturated rings. The number of hydrogen-bond donors (Lipinski definition) is 0. The molecule has 0 radical (unpaired) electrons. The Morgan fingerprint density at radius 3 is 0.679 bits per heavy atom. The highest BCUT2D eigenvalue weighted by molar-refractivity contribution is 5.70. The predicted molar refractivity (Wildman–Crippen MR) is 205 cm³/mol. The summed E-state index contributed by atoms with van der Waals surface area (Å²) in [6.45, 7) is 0. The van der Waals surface area contributed by atoms with Crippen molar-refractivity contribution < 1.29 is 4.42 Å². The van der Waals surface area contributed by atoms with Gasteiger partial charge in [0, 0.05) is 44.5 Å². The van der Waals surface area contributed by atoms with Gasteiger partial charge in [-0.25, -0.2) is 29.9 Å². The molecule has 0 bridgehead atoms. The third-order valence-electron chi connectivity index (χ3n) is 8.60. The van der Waals surface area contributed by atoms with E-state index in [-0.39, 0.29) is 0 Å². The zero-order chi connectivity index (χ0) is 35.4. The van der Waals surface area contributed by atoms with Crippen LogP contribution in [0.1, 0.15) is 0 Å². The molecule has 9 aromatic rings. The van der Waals surface area contributed by atoms with E-state index in [4.69, 9.17) is 34.3 Å². The summed E-state index contributed by atoms with van der Waals surface area (Å²) < 4.78 is 6.15. The predicted octanol–water partition coefficient (Wildman–Crippen LogP) is 9.78. The third kappa shape index (κ3) is 6.70. The SMILES string of the molecule is c1ccc(-c2nc(-c3ccccc3)nc(-c3ccc(-c4nnc(-c5ccc(-c6nc(-c7ccccc7)nc(-c7ccccc7)n6)cc5)o4)cc3)n2)cc1. The second-order valence-corrected chi connectivity index (χ2v) is 12.1. The van der Waals surface area contributed by atoms with Crippen molar-refractivity contribution in [3.63, 3.8) is 0 Å². The summed E-state index contributed by atoms with van der Waals surface area (Å²) in [6.07, 6.45) is 0. The third-order valence-corrected chi connectivity index (χ3v) is 8.60. The number of aromatic nitrogens is 8. The number of nitrogens with zero attached hydrogens (tertiary/aromatic N) is 8. The van der Waals surface area contributed by atoms with Gasteiger partial charge in [-0.3, -0.25) is 0 Å². The minimum Gasteiger partial charge on any atom is -0.416 e. The fraction of sp³-hybridized carbons (Fsp3) is 0. The lowest BCUT2D eigenvalue weighted by Crippen LogP contribution is -2.00. The van der Waals surface area contributed by atoms with Crippen molar-refractivity contribution in [3.05, 3.63) is 170 Å². The summed E-state index contributed by atoms with van der Waals surface area (Å²) in [4.78, 5) is 28.9. The molecular formula is C44H28N8O. The van der Waals surface area contributed by atoms with Gasteiger partial charge in [-0.2, -0.15) is 0 Å². The maximum absolute atomic E-state index is 6.15. The Morgan fingerprint density at radius 1 is 0.226 bits per heavy atom. The van der Waals surface area contributed by atoms with Crippen LogP contribution in [0.5, 0.6) is 0 Å². The van der Waals surface area contributed by atoms with E-state index >= 15 is 0 Å². The second-order valence-electron chi connectivity index (χ2n) is 12.1. The monoisotopic (exact) mass is 684 g/mol. The molecule has 6 aromatic carbocycles. The van der Waals surface area contributed by atoms with Crippen LogP contribution in [-0.2, 0) is 0 Å². The smallest absolute Gasteiger partial charge is 0.248 e. The molecular weight excluding hydrogens is 657 g/mol. The normalized spacial score (nSPS) is 11.0. The van der Waals surface area contributed by atoms with Crippen LogP contribution in [0.2, 0.25) is 0 Å². The average molecular weight is 685 g/mol. The zero-order valence-electron chi connectivity index (χ0n) is 28.2. The highest BCUT2D eigenvalue weighted by atomic mass is 16.4. The molecule has 3 heterocycles. The van der Waals surface area contributed by atoms with Gasteiger partial charge in [0.1, 0.15) is 0 Å². The van der Waals surface area contributed by atoms with Gasteiger partial charge in [0.05, 0.1) is 0 Å².